The summed E-state index contributed by atoms with van der Waals surface area (Å²) in [6.07, 6.45) is 5.78. The summed E-state index contributed by atoms with van der Waals surface area (Å²) in [6, 6.07) is 0.638. The summed E-state index contributed by atoms with van der Waals surface area (Å²) >= 11 is 0. The van der Waals surface area contributed by atoms with E-state index >= 15 is 0 Å². The van der Waals surface area contributed by atoms with Gasteiger partial charge >= 0.3 is 0 Å². The second-order valence-electron chi connectivity index (χ2n) is 4.21. The standard InChI is InChI=1S/C12H23N3O/c1-4-6-11(7-5-2)13-9-8-12-14-10(3)15-16-12/h11,13H,4-9H2,1-3H3. The van der Waals surface area contributed by atoms with Crippen molar-refractivity contribution in [2.24, 2.45) is 0 Å². The van der Waals surface area contributed by atoms with Gasteiger partial charge < -0.3 is 9.84 Å². The Morgan fingerprint density at radius 1 is 1.25 bits per heavy atom. The van der Waals surface area contributed by atoms with E-state index in [-0.39, 0.29) is 0 Å². The van der Waals surface area contributed by atoms with Gasteiger partial charge in [-0.15, -0.1) is 0 Å². The number of hydrogen-bond acceptors (Lipinski definition) is 4. The van der Waals surface area contributed by atoms with Crippen molar-refractivity contribution in [3.63, 3.8) is 0 Å². The van der Waals surface area contributed by atoms with E-state index in [9.17, 15) is 0 Å². The van der Waals surface area contributed by atoms with Gasteiger partial charge in [0.25, 0.3) is 0 Å². The zero-order valence-electron chi connectivity index (χ0n) is 10.6. The quantitative estimate of drug-likeness (QED) is 0.738. The molecule has 0 aliphatic carbocycles. The summed E-state index contributed by atoms with van der Waals surface area (Å²) < 4.78 is 5.06. The fourth-order valence-electron chi connectivity index (χ4n) is 1.87. The molecule has 0 bridgehead atoms. The molecule has 92 valence electrons. The molecule has 0 saturated carbocycles. The van der Waals surface area contributed by atoms with Crippen LogP contribution in [-0.2, 0) is 6.42 Å². The Kier molecular flexibility index (Phi) is 6.08. The molecule has 0 aromatic carbocycles. The molecule has 1 heterocycles. The lowest BCUT2D eigenvalue weighted by atomic mass is 10.1. The highest BCUT2D eigenvalue weighted by molar-refractivity contribution is 4.83. The van der Waals surface area contributed by atoms with Crippen molar-refractivity contribution in [3.8, 4) is 0 Å². The van der Waals surface area contributed by atoms with Crippen LogP contribution in [0.25, 0.3) is 0 Å². The molecule has 0 atom stereocenters. The molecule has 0 spiro atoms. The first kappa shape index (κ1) is 13.2. The van der Waals surface area contributed by atoms with Gasteiger partial charge in [-0.05, 0) is 19.8 Å². The molecular formula is C12H23N3O. The maximum Gasteiger partial charge on any atom is 0.227 e. The summed E-state index contributed by atoms with van der Waals surface area (Å²) in [7, 11) is 0. The van der Waals surface area contributed by atoms with Crippen LogP contribution in [0.5, 0.6) is 0 Å². The van der Waals surface area contributed by atoms with E-state index in [2.05, 4.69) is 29.3 Å². The van der Waals surface area contributed by atoms with Crippen molar-refractivity contribution in [2.45, 2.75) is 58.9 Å². The predicted octanol–water partition coefficient (Wildman–Crippen LogP) is 2.48. The van der Waals surface area contributed by atoms with Crippen LogP contribution in [0.15, 0.2) is 4.52 Å². The van der Waals surface area contributed by atoms with Gasteiger partial charge in [0.15, 0.2) is 5.82 Å². The minimum absolute atomic E-state index is 0.638. The lowest BCUT2D eigenvalue weighted by Gasteiger charge is -2.16. The molecule has 1 rings (SSSR count). The van der Waals surface area contributed by atoms with Crippen molar-refractivity contribution in [1.29, 1.82) is 0 Å². The molecule has 0 fully saturated rings. The van der Waals surface area contributed by atoms with E-state index in [0.29, 0.717) is 11.9 Å². The predicted molar refractivity (Wildman–Crippen MR) is 64.3 cm³/mol. The summed E-state index contributed by atoms with van der Waals surface area (Å²) in [6.45, 7) is 7.22. The van der Waals surface area contributed by atoms with Crippen molar-refractivity contribution >= 4 is 0 Å². The van der Waals surface area contributed by atoms with E-state index in [4.69, 9.17) is 4.52 Å². The SMILES string of the molecule is CCCC(CCC)NCCc1nc(C)no1. The topological polar surface area (TPSA) is 51.0 Å². The molecule has 0 aliphatic heterocycles. The van der Waals surface area contributed by atoms with E-state index in [1.165, 1.54) is 25.7 Å². The van der Waals surface area contributed by atoms with Crippen LogP contribution in [0.1, 0.15) is 51.2 Å². The zero-order chi connectivity index (χ0) is 11.8. The normalized spacial score (nSPS) is 11.2. The van der Waals surface area contributed by atoms with Crippen molar-refractivity contribution in [1.82, 2.24) is 15.5 Å². The summed E-state index contributed by atoms with van der Waals surface area (Å²) in [5, 5.41) is 7.32. The van der Waals surface area contributed by atoms with Gasteiger partial charge in [-0.3, -0.25) is 0 Å². The number of aryl methyl sites for hydroxylation is 1. The Balaban J connectivity index is 2.21. The Hall–Kier alpha value is -0.900. The highest BCUT2D eigenvalue weighted by atomic mass is 16.5. The first-order chi connectivity index (χ1) is 7.76. The Morgan fingerprint density at radius 2 is 1.94 bits per heavy atom. The second kappa shape index (κ2) is 7.39. The van der Waals surface area contributed by atoms with E-state index < -0.39 is 0 Å². The van der Waals surface area contributed by atoms with Crippen LogP contribution in [-0.4, -0.2) is 22.7 Å². The molecule has 1 N–H and O–H groups in total. The van der Waals surface area contributed by atoms with Crippen LogP contribution >= 0.6 is 0 Å². The third-order valence-electron chi connectivity index (χ3n) is 2.62. The average Bonchev–Trinajstić information content (AvgIpc) is 2.65. The molecule has 0 aliphatic rings. The van der Waals surface area contributed by atoms with E-state index in [1.54, 1.807) is 0 Å². The first-order valence-electron chi connectivity index (χ1n) is 6.28. The van der Waals surface area contributed by atoms with E-state index in [1.807, 2.05) is 6.92 Å². The Bertz CT molecular complexity index is 280. The lowest BCUT2D eigenvalue weighted by Crippen LogP contribution is -2.30. The molecule has 0 amide bonds. The molecule has 0 unspecified atom stereocenters. The lowest BCUT2D eigenvalue weighted by molar-refractivity contribution is 0.364. The average molecular weight is 225 g/mol. The zero-order valence-corrected chi connectivity index (χ0v) is 10.6. The third-order valence-corrected chi connectivity index (χ3v) is 2.62. The van der Waals surface area contributed by atoms with Gasteiger partial charge in [0.2, 0.25) is 5.89 Å². The first-order valence-corrected chi connectivity index (χ1v) is 6.28. The third kappa shape index (κ3) is 4.75. The summed E-state index contributed by atoms with van der Waals surface area (Å²) in [5.41, 5.74) is 0. The van der Waals surface area contributed by atoms with Gasteiger partial charge in [-0.1, -0.05) is 31.8 Å². The minimum Gasteiger partial charge on any atom is -0.339 e. The van der Waals surface area contributed by atoms with E-state index in [0.717, 1.165) is 18.9 Å². The molecule has 0 saturated heterocycles. The largest absolute Gasteiger partial charge is 0.339 e. The molecular weight excluding hydrogens is 202 g/mol. The van der Waals surface area contributed by atoms with Crippen LogP contribution in [0, 0.1) is 6.92 Å². The summed E-state index contributed by atoms with van der Waals surface area (Å²) in [4.78, 5) is 4.18. The summed E-state index contributed by atoms with van der Waals surface area (Å²) in [5.74, 6) is 1.45. The monoisotopic (exact) mass is 225 g/mol. The smallest absolute Gasteiger partial charge is 0.227 e. The van der Waals surface area contributed by atoms with Gasteiger partial charge in [-0.2, -0.15) is 4.98 Å². The van der Waals surface area contributed by atoms with Crippen LogP contribution < -0.4 is 5.32 Å². The molecule has 4 heteroatoms. The molecule has 4 nitrogen and oxygen atoms in total. The van der Waals surface area contributed by atoms with Crippen LogP contribution in [0.3, 0.4) is 0 Å². The number of aromatic nitrogens is 2. The number of nitrogens with zero attached hydrogens (tertiary/aromatic N) is 2. The van der Waals surface area contributed by atoms with Crippen LogP contribution in [0.4, 0.5) is 0 Å². The fourth-order valence-corrected chi connectivity index (χ4v) is 1.87. The van der Waals surface area contributed by atoms with Gasteiger partial charge in [0.05, 0.1) is 0 Å². The van der Waals surface area contributed by atoms with Crippen molar-refractivity contribution in [2.75, 3.05) is 6.54 Å². The molecule has 0 radical (unpaired) electrons. The number of hydrogen-bond donors (Lipinski definition) is 1. The number of rotatable bonds is 8. The minimum atomic E-state index is 0.638. The van der Waals surface area contributed by atoms with Gasteiger partial charge in [0.1, 0.15) is 0 Å². The fraction of sp³-hybridized carbons (Fsp3) is 0.833. The maximum absolute atomic E-state index is 5.06. The molecule has 16 heavy (non-hydrogen) atoms. The second-order valence-corrected chi connectivity index (χ2v) is 4.21. The van der Waals surface area contributed by atoms with Gasteiger partial charge in [0, 0.05) is 19.0 Å². The van der Waals surface area contributed by atoms with Crippen molar-refractivity contribution < 1.29 is 4.52 Å². The van der Waals surface area contributed by atoms with Crippen molar-refractivity contribution in [3.05, 3.63) is 11.7 Å². The maximum atomic E-state index is 5.06. The Labute approximate surface area is 97.8 Å². The number of nitrogens with one attached hydrogen (secondary N) is 1. The highest BCUT2D eigenvalue weighted by Gasteiger charge is 2.07. The Morgan fingerprint density at radius 3 is 2.44 bits per heavy atom. The van der Waals surface area contributed by atoms with Crippen LogP contribution in [0.2, 0.25) is 0 Å². The molecule has 1 aromatic heterocycles. The molecule has 1 aromatic rings. The highest BCUT2D eigenvalue weighted by Crippen LogP contribution is 2.04. The van der Waals surface area contributed by atoms with Gasteiger partial charge in [-0.25, -0.2) is 0 Å².